The highest BCUT2D eigenvalue weighted by Crippen LogP contribution is 2.28. The highest BCUT2D eigenvalue weighted by molar-refractivity contribution is 6.10. The van der Waals surface area contributed by atoms with Crippen LogP contribution in [0.2, 0.25) is 0 Å². The minimum Gasteiger partial charge on any atom is -0.422 e. The van der Waals surface area contributed by atoms with Crippen molar-refractivity contribution in [1.82, 2.24) is 34.5 Å². The topological polar surface area (TPSA) is 140 Å². The largest absolute Gasteiger partial charge is 0.422 e. The van der Waals surface area contributed by atoms with Gasteiger partial charge in [-0.3, -0.25) is 9.59 Å². The average molecular weight is 476 g/mol. The SMILES string of the molecule is CN(C)C/C=C/C(=O)N1CC[C@H](n2nc(C(=O)N(N)c3nc4ccccc4o3)c3cncnc32)C1. The molecule has 1 aliphatic heterocycles. The number of rotatable bonds is 6. The second kappa shape index (κ2) is 9.24. The van der Waals surface area contributed by atoms with Gasteiger partial charge in [0.1, 0.15) is 11.8 Å². The third kappa shape index (κ3) is 4.36. The van der Waals surface area contributed by atoms with Gasteiger partial charge in [0, 0.05) is 31.9 Å². The zero-order valence-corrected chi connectivity index (χ0v) is 19.4. The molecule has 4 heterocycles. The molecule has 0 radical (unpaired) electrons. The number of fused-ring (bicyclic) bond motifs is 2. The van der Waals surface area contributed by atoms with Crippen molar-refractivity contribution in [2.45, 2.75) is 12.5 Å². The summed E-state index contributed by atoms with van der Waals surface area (Å²) in [5, 5.41) is 5.85. The number of oxazole rings is 1. The molecule has 0 unspecified atom stereocenters. The summed E-state index contributed by atoms with van der Waals surface area (Å²) in [6, 6.07) is 6.94. The summed E-state index contributed by atoms with van der Waals surface area (Å²) in [6.45, 7) is 1.72. The maximum absolute atomic E-state index is 13.3. The van der Waals surface area contributed by atoms with Gasteiger partial charge in [-0.2, -0.15) is 15.1 Å². The second-order valence-electron chi connectivity index (χ2n) is 8.58. The monoisotopic (exact) mass is 475 g/mol. The van der Waals surface area contributed by atoms with Crippen molar-refractivity contribution in [3.05, 3.63) is 54.6 Å². The van der Waals surface area contributed by atoms with E-state index < -0.39 is 5.91 Å². The number of likely N-dealkylation sites (N-methyl/N-ethyl adjacent to an activating group) is 1. The van der Waals surface area contributed by atoms with Gasteiger partial charge in [-0.05, 0) is 32.6 Å². The molecule has 3 aromatic heterocycles. The van der Waals surface area contributed by atoms with Crippen molar-refractivity contribution in [3.8, 4) is 0 Å². The van der Waals surface area contributed by atoms with Crippen molar-refractivity contribution in [3.63, 3.8) is 0 Å². The maximum atomic E-state index is 13.3. The van der Waals surface area contributed by atoms with E-state index in [9.17, 15) is 9.59 Å². The Labute approximate surface area is 200 Å². The van der Waals surface area contributed by atoms with Crippen molar-refractivity contribution < 1.29 is 14.0 Å². The molecule has 1 atom stereocenters. The minimum atomic E-state index is -0.604. The first-order chi connectivity index (χ1) is 16.9. The highest BCUT2D eigenvalue weighted by Gasteiger charge is 2.32. The van der Waals surface area contributed by atoms with Gasteiger partial charge in [0.2, 0.25) is 5.91 Å². The first kappa shape index (κ1) is 22.6. The fourth-order valence-corrected chi connectivity index (χ4v) is 4.07. The standard InChI is InChI=1S/C23H25N9O3/c1-29(2)10-5-8-19(33)30-11-9-15(13-30)32-21-16(12-25-14-26-21)20(28-32)22(34)31(24)23-27-17-6-3-4-7-18(17)35-23/h3-8,12,14-15H,9-11,13,24H2,1-2H3/b8-5+/t15-/m0/s1. The van der Waals surface area contributed by atoms with Crippen LogP contribution in [0, 0.1) is 0 Å². The fourth-order valence-electron chi connectivity index (χ4n) is 4.07. The fraction of sp³-hybridized carbons (Fsp3) is 0.304. The Morgan fingerprint density at radius 2 is 2.11 bits per heavy atom. The van der Waals surface area contributed by atoms with E-state index in [1.165, 1.54) is 12.5 Å². The molecule has 5 rings (SSSR count). The quantitative estimate of drug-likeness (QED) is 0.190. The molecule has 180 valence electrons. The molecule has 0 spiro atoms. The van der Waals surface area contributed by atoms with Crippen LogP contribution in [0.15, 0.2) is 53.4 Å². The van der Waals surface area contributed by atoms with Gasteiger partial charge in [-0.15, -0.1) is 0 Å². The van der Waals surface area contributed by atoms with E-state index in [1.807, 2.05) is 31.1 Å². The first-order valence-corrected chi connectivity index (χ1v) is 11.2. The van der Waals surface area contributed by atoms with Gasteiger partial charge in [-0.25, -0.2) is 20.5 Å². The molecule has 0 aliphatic carbocycles. The Balaban J connectivity index is 1.40. The summed E-state index contributed by atoms with van der Waals surface area (Å²) in [5.41, 5.74) is 1.68. The Morgan fingerprint density at radius 3 is 2.91 bits per heavy atom. The Morgan fingerprint density at radius 1 is 1.29 bits per heavy atom. The number of anilines is 1. The third-order valence-electron chi connectivity index (χ3n) is 5.83. The van der Waals surface area contributed by atoms with E-state index in [1.54, 1.807) is 33.9 Å². The predicted molar refractivity (Wildman–Crippen MR) is 128 cm³/mol. The van der Waals surface area contributed by atoms with Gasteiger partial charge in [0.15, 0.2) is 16.9 Å². The molecule has 12 nitrogen and oxygen atoms in total. The Hall–Kier alpha value is -4.16. The van der Waals surface area contributed by atoms with E-state index >= 15 is 0 Å². The number of benzene rings is 1. The van der Waals surface area contributed by atoms with E-state index in [-0.39, 0.29) is 23.7 Å². The number of carbonyl (C=O) groups excluding carboxylic acids is 2. The molecule has 1 aliphatic rings. The number of amides is 2. The normalized spacial score (nSPS) is 16.2. The summed E-state index contributed by atoms with van der Waals surface area (Å²) in [7, 11) is 3.88. The van der Waals surface area contributed by atoms with Crippen molar-refractivity contribution in [2.75, 3.05) is 38.7 Å². The van der Waals surface area contributed by atoms with Crippen molar-refractivity contribution in [1.29, 1.82) is 0 Å². The zero-order chi connectivity index (χ0) is 24.5. The van der Waals surface area contributed by atoms with Crippen LogP contribution in [-0.2, 0) is 4.79 Å². The zero-order valence-electron chi connectivity index (χ0n) is 19.4. The van der Waals surface area contributed by atoms with Crippen LogP contribution in [0.25, 0.3) is 22.1 Å². The lowest BCUT2D eigenvalue weighted by molar-refractivity contribution is -0.125. The third-order valence-corrected chi connectivity index (χ3v) is 5.83. The number of nitrogens with zero attached hydrogens (tertiary/aromatic N) is 8. The van der Waals surface area contributed by atoms with Gasteiger partial charge in [0.05, 0.1) is 11.4 Å². The number of para-hydroxylation sites is 2. The van der Waals surface area contributed by atoms with Crippen molar-refractivity contribution >= 4 is 40.0 Å². The summed E-state index contributed by atoms with van der Waals surface area (Å²) >= 11 is 0. The molecule has 1 fully saturated rings. The highest BCUT2D eigenvalue weighted by atomic mass is 16.4. The van der Waals surface area contributed by atoms with Gasteiger partial charge in [-0.1, -0.05) is 18.2 Å². The summed E-state index contributed by atoms with van der Waals surface area (Å²) in [4.78, 5) is 42.3. The smallest absolute Gasteiger partial charge is 0.320 e. The molecule has 1 aromatic carbocycles. The van der Waals surface area contributed by atoms with Crippen LogP contribution in [0.5, 0.6) is 0 Å². The van der Waals surface area contributed by atoms with Crippen LogP contribution < -0.4 is 10.9 Å². The van der Waals surface area contributed by atoms with Crippen molar-refractivity contribution in [2.24, 2.45) is 5.84 Å². The Bertz CT molecular complexity index is 1390. The number of carbonyl (C=O) groups is 2. The van der Waals surface area contributed by atoms with E-state index in [2.05, 4.69) is 20.1 Å². The van der Waals surface area contributed by atoms with E-state index in [0.717, 1.165) is 5.01 Å². The number of hydrogen-bond acceptors (Lipinski definition) is 9. The molecule has 0 bridgehead atoms. The first-order valence-electron chi connectivity index (χ1n) is 11.2. The number of likely N-dealkylation sites (tertiary alicyclic amines) is 1. The number of aromatic nitrogens is 5. The van der Waals surface area contributed by atoms with Crippen LogP contribution in [0.3, 0.4) is 0 Å². The number of nitrogens with two attached hydrogens (primary N) is 1. The predicted octanol–water partition coefficient (Wildman–Crippen LogP) is 1.38. The van der Waals surface area contributed by atoms with Gasteiger partial charge < -0.3 is 14.2 Å². The van der Waals surface area contributed by atoms with Crippen LogP contribution in [0.4, 0.5) is 6.01 Å². The summed E-state index contributed by atoms with van der Waals surface area (Å²) in [5.74, 6) is 5.43. The minimum absolute atomic E-state index is 0.0436. The molecule has 35 heavy (non-hydrogen) atoms. The average Bonchev–Trinajstić information content (AvgIpc) is 3.59. The number of hydrogen-bond donors (Lipinski definition) is 1. The van der Waals surface area contributed by atoms with Crippen LogP contribution in [-0.4, -0.2) is 80.1 Å². The molecule has 0 saturated carbocycles. The second-order valence-corrected chi connectivity index (χ2v) is 8.58. The van der Waals surface area contributed by atoms with Gasteiger partial charge in [0.25, 0.3) is 5.91 Å². The lowest BCUT2D eigenvalue weighted by Crippen LogP contribution is -2.38. The Kier molecular flexibility index (Phi) is 5.97. The summed E-state index contributed by atoms with van der Waals surface area (Å²) < 4.78 is 7.31. The van der Waals surface area contributed by atoms with Gasteiger partial charge >= 0.3 is 6.01 Å². The molecule has 1 saturated heterocycles. The summed E-state index contributed by atoms with van der Waals surface area (Å²) in [6.07, 6.45) is 7.04. The van der Waals surface area contributed by atoms with Crippen LogP contribution in [0.1, 0.15) is 23.0 Å². The number of hydrazine groups is 1. The maximum Gasteiger partial charge on any atom is 0.320 e. The lowest BCUT2D eigenvalue weighted by Gasteiger charge is -2.15. The van der Waals surface area contributed by atoms with E-state index in [4.69, 9.17) is 10.3 Å². The van der Waals surface area contributed by atoms with E-state index in [0.29, 0.717) is 48.2 Å². The molecule has 2 amide bonds. The molecule has 4 aromatic rings. The molecular formula is C23H25N9O3. The molecule has 12 heteroatoms. The molecule has 2 N–H and O–H groups in total. The lowest BCUT2D eigenvalue weighted by atomic mass is 10.2. The molecular weight excluding hydrogens is 450 g/mol. The van der Waals surface area contributed by atoms with Crippen LogP contribution >= 0.6 is 0 Å².